The van der Waals surface area contributed by atoms with Crippen LogP contribution in [0.5, 0.6) is 0 Å². The molecule has 2 rings (SSSR count). The van der Waals surface area contributed by atoms with E-state index in [4.69, 9.17) is 5.73 Å². The lowest BCUT2D eigenvalue weighted by molar-refractivity contribution is 0.311. The minimum Gasteiger partial charge on any atom is -0.322 e. The van der Waals surface area contributed by atoms with Crippen LogP contribution in [0, 0.1) is 6.92 Å². The zero-order valence-corrected chi connectivity index (χ0v) is 12.4. The number of nitrogens with two attached hydrogens (primary N) is 1. The minimum absolute atomic E-state index is 0.0162. The highest BCUT2D eigenvalue weighted by Gasteiger charge is 2.09. The van der Waals surface area contributed by atoms with Crippen LogP contribution in [0.2, 0.25) is 0 Å². The Kier molecular flexibility index (Phi) is 4.63. The Morgan fingerprint density at radius 2 is 2.00 bits per heavy atom. The summed E-state index contributed by atoms with van der Waals surface area (Å²) in [5.74, 6) is 0. The molecule has 1 unspecified atom stereocenters. The fourth-order valence-electron chi connectivity index (χ4n) is 1.90. The third kappa shape index (κ3) is 4.09. The molecule has 0 aromatic carbocycles. The molecule has 0 aliphatic carbocycles. The van der Waals surface area contributed by atoms with Crippen molar-refractivity contribution < 1.29 is 0 Å². The second-order valence-electron chi connectivity index (χ2n) is 4.91. The van der Waals surface area contributed by atoms with Crippen LogP contribution in [0.25, 0.3) is 0 Å². The van der Waals surface area contributed by atoms with Crippen molar-refractivity contribution in [3.05, 3.63) is 45.7 Å². The molecule has 4 nitrogen and oxygen atoms in total. The van der Waals surface area contributed by atoms with Crippen LogP contribution in [0.4, 0.5) is 0 Å². The normalized spacial score (nSPS) is 12.9. The summed E-state index contributed by atoms with van der Waals surface area (Å²) >= 11 is 1.63. The van der Waals surface area contributed by atoms with E-state index in [0.29, 0.717) is 0 Å². The Labute approximate surface area is 118 Å². The highest BCUT2D eigenvalue weighted by molar-refractivity contribution is 7.09. The standard InChI is InChI=1S/C14H20N4S/c1-10-5-4-6-12(16-10)7-18(3)8-13-9-19-14(17-13)11(2)15/h4-6,9,11H,7-8,15H2,1-3H3. The van der Waals surface area contributed by atoms with Crippen molar-refractivity contribution in [2.45, 2.75) is 33.0 Å². The van der Waals surface area contributed by atoms with Gasteiger partial charge in [-0.15, -0.1) is 11.3 Å². The average molecular weight is 276 g/mol. The number of aromatic nitrogens is 2. The van der Waals surface area contributed by atoms with Crippen LogP contribution in [-0.4, -0.2) is 21.9 Å². The second-order valence-corrected chi connectivity index (χ2v) is 5.80. The summed E-state index contributed by atoms with van der Waals surface area (Å²) in [5.41, 5.74) is 9.04. The van der Waals surface area contributed by atoms with Crippen molar-refractivity contribution in [1.82, 2.24) is 14.9 Å². The molecule has 0 amide bonds. The summed E-state index contributed by atoms with van der Waals surface area (Å²) < 4.78 is 0. The van der Waals surface area contributed by atoms with Gasteiger partial charge in [-0.2, -0.15) is 0 Å². The molecular weight excluding hydrogens is 256 g/mol. The molecule has 0 spiro atoms. The maximum atomic E-state index is 5.82. The molecule has 0 radical (unpaired) electrons. The fourth-order valence-corrected chi connectivity index (χ4v) is 2.67. The number of pyridine rings is 1. The van der Waals surface area contributed by atoms with E-state index in [0.717, 1.165) is 35.2 Å². The first-order valence-electron chi connectivity index (χ1n) is 6.35. The molecule has 0 bridgehead atoms. The summed E-state index contributed by atoms with van der Waals surface area (Å²) in [5, 5.41) is 3.08. The first-order valence-corrected chi connectivity index (χ1v) is 7.23. The monoisotopic (exact) mass is 276 g/mol. The molecule has 1 atom stereocenters. The Balaban J connectivity index is 1.95. The molecule has 2 N–H and O–H groups in total. The predicted octanol–water partition coefficient (Wildman–Crippen LogP) is 2.50. The van der Waals surface area contributed by atoms with E-state index in [1.165, 1.54) is 0 Å². The Morgan fingerprint density at radius 3 is 2.63 bits per heavy atom. The number of aryl methyl sites for hydroxylation is 1. The zero-order chi connectivity index (χ0) is 13.8. The lowest BCUT2D eigenvalue weighted by Crippen LogP contribution is -2.18. The Morgan fingerprint density at radius 1 is 1.26 bits per heavy atom. The lowest BCUT2D eigenvalue weighted by atomic mass is 10.3. The maximum absolute atomic E-state index is 5.82. The molecule has 2 aromatic heterocycles. The molecule has 0 fully saturated rings. The third-order valence-electron chi connectivity index (χ3n) is 2.77. The van der Waals surface area contributed by atoms with Crippen LogP contribution >= 0.6 is 11.3 Å². The first kappa shape index (κ1) is 14.1. The quantitative estimate of drug-likeness (QED) is 0.911. The number of hydrogen-bond donors (Lipinski definition) is 1. The molecule has 0 saturated heterocycles. The molecule has 5 heteroatoms. The summed E-state index contributed by atoms with van der Waals surface area (Å²) in [6.07, 6.45) is 0. The zero-order valence-electron chi connectivity index (χ0n) is 11.6. The average Bonchev–Trinajstić information content (AvgIpc) is 2.77. The van der Waals surface area contributed by atoms with Crippen molar-refractivity contribution in [2.75, 3.05) is 7.05 Å². The Bertz CT molecular complexity index is 536. The summed E-state index contributed by atoms with van der Waals surface area (Å²) in [6.45, 7) is 5.62. The van der Waals surface area contributed by atoms with Crippen molar-refractivity contribution in [3.63, 3.8) is 0 Å². The molecule has 102 valence electrons. The number of nitrogens with zero attached hydrogens (tertiary/aromatic N) is 3. The number of hydrogen-bond acceptors (Lipinski definition) is 5. The predicted molar refractivity (Wildman–Crippen MR) is 78.9 cm³/mol. The van der Waals surface area contributed by atoms with Crippen molar-refractivity contribution in [2.24, 2.45) is 5.73 Å². The van der Waals surface area contributed by atoms with Crippen molar-refractivity contribution in [3.8, 4) is 0 Å². The van der Waals surface area contributed by atoms with Gasteiger partial charge in [-0.25, -0.2) is 4.98 Å². The Hall–Kier alpha value is -1.30. The summed E-state index contributed by atoms with van der Waals surface area (Å²) in [7, 11) is 2.08. The van der Waals surface area contributed by atoms with Gasteiger partial charge in [-0.3, -0.25) is 9.88 Å². The van der Waals surface area contributed by atoms with Gasteiger partial charge in [0.2, 0.25) is 0 Å². The van der Waals surface area contributed by atoms with Crippen molar-refractivity contribution in [1.29, 1.82) is 0 Å². The molecule has 0 aliphatic rings. The van der Waals surface area contributed by atoms with E-state index in [1.54, 1.807) is 11.3 Å². The van der Waals surface area contributed by atoms with E-state index >= 15 is 0 Å². The largest absolute Gasteiger partial charge is 0.322 e. The van der Waals surface area contributed by atoms with Crippen LogP contribution in [0.15, 0.2) is 23.6 Å². The highest BCUT2D eigenvalue weighted by atomic mass is 32.1. The summed E-state index contributed by atoms with van der Waals surface area (Å²) in [6, 6.07) is 6.13. The van der Waals surface area contributed by atoms with Crippen LogP contribution in [-0.2, 0) is 13.1 Å². The maximum Gasteiger partial charge on any atom is 0.109 e. The highest BCUT2D eigenvalue weighted by Crippen LogP contribution is 2.17. The van der Waals surface area contributed by atoms with Crippen LogP contribution in [0.3, 0.4) is 0 Å². The first-order chi connectivity index (χ1) is 9.04. The van der Waals surface area contributed by atoms with Crippen LogP contribution < -0.4 is 5.73 Å². The molecule has 0 saturated carbocycles. The van der Waals surface area contributed by atoms with E-state index in [1.807, 2.05) is 26.0 Å². The van der Waals surface area contributed by atoms with Crippen LogP contribution in [0.1, 0.15) is 35.1 Å². The second kappa shape index (κ2) is 6.23. The van der Waals surface area contributed by atoms with Gasteiger partial charge in [0.05, 0.1) is 17.4 Å². The third-order valence-corrected chi connectivity index (χ3v) is 3.86. The van der Waals surface area contributed by atoms with E-state index < -0.39 is 0 Å². The van der Waals surface area contributed by atoms with Gasteiger partial charge < -0.3 is 5.73 Å². The van der Waals surface area contributed by atoms with Gasteiger partial charge >= 0.3 is 0 Å². The fraction of sp³-hybridized carbons (Fsp3) is 0.429. The van der Waals surface area contributed by atoms with Gasteiger partial charge in [-0.1, -0.05) is 6.07 Å². The molecule has 2 heterocycles. The summed E-state index contributed by atoms with van der Waals surface area (Å²) in [4.78, 5) is 11.3. The SMILES string of the molecule is Cc1cccc(CN(C)Cc2csc(C(C)N)n2)n1. The number of thiazole rings is 1. The topological polar surface area (TPSA) is 55.0 Å². The lowest BCUT2D eigenvalue weighted by Gasteiger charge is -2.14. The van der Waals surface area contributed by atoms with Gasteiger partial charge in [0.25, 0.3) is 0 Å². The minimum atomic E-state index is 0.0162. The van der Waals surface area contributed by atoms with Gasteiger partial charge in [0.1, 0.15) is 5.01 Å². The van der Waals surface area contributed by atoms with Gasteiger partial charge in [0, 0.05) is 24.2 Å². The van der Waals surface area contributed by atoms with Crippen molar-refractivity contribution >= 4 is 11.3 Å². The van der Waals surface area contributed by atoms with Gasteiger partial charge in [0.15, 0.2) is 0 Å². The molecule has 0 aliphatic heterocycles. The van der Waals surface area contributed by atoms with E-state index in [2.05, 4.69) is 33.4 Å². The molecule has 2 aromatic rings. The van der Waals surface area contributed by atoms with E-state index in [9.17, 15) is 0 Å². The van der Waals surface area contributed by atoms with E-state index in [-0.39, 0.29) is 6.04 Å². The molecule has 19 heavy (non-hydrogen) atoms. The molecular formula is C14H20N4S. The smallest absolute Gasteiger partial charge is 0.109 e. The van der Waals surface area contributed by atoms with Gasteiger partial charge in [-0.05, 0) is 33.0 Å². The number of rotatable bonds is 5.